The predicted octanol–water partition coefficient (Wildman–Crippen LogP) is 4.26. The van der Waals surface area contributed by atoms with Gasteiger partial charge >= 0.3 is 6.03 Å². The molecule has 106 valence electrons. The summed E-state index contributed by atoms with van der Waals surface area (Å²) in [5.41, 5.74) is 0.503. The van der Waals surface area contributed by atoms with Crippen LogP contribution in [0, 0.1) is 5.82 Å². The van der Waals surface area contributed by atoms with E-state index >= 15 is 0 Å². The van der Waals surface area contributed by atoms with E-state index in [-0.39, 0.29) is 11.8 Å². The van der Waals surface area contributed by atoms with Crippen LogP contribution >= 0.6 is 0 Å². The Hall–Kier alpha value is -1.58. The number of amides is 2. The van der Waals surface area contributed by atoms with Crippen LogP contribution in [0.1, 0.15) is 39.5 Å². The van der Waals surface area contributed by atoms with Gasteiger partial charge in [-0.15, -0.1) is 0 Å². The molecule has 0 aliphatic rings. The fraction of sp³-hybridized carbons (Fsp3) is 0.533. The van der Waals surface area contributed by atoms with Crippen molar-refractivity contribution in [2.45, 2.75) is 39.5 Å². The summed E-state index contributed by atoms with van der Waals surface area (Å²) in [5.74, 6) is -0.341. The van der Waals surface area contributed by atoms with Gasteiger partial charge in [-0.2, -0.15) is 0 Å². The van der Waals surface area contributed by atoms with Gasteiger partial charge in [-0.1, -0.05) is 32.8 Å². The summed E-state index contributed by atoms with van der Waals surface area (Å²) >= 11 is 0. The first kappa shape index (κ1) is 15.5. The second-order valence-electron chi connectivity index (χ2n) is 4.63. The topological polar surface area (TPSA) is 32.3 Å². The number of rotatable bonds is 7. The second kappa shape index (κ2) is 8.51. The van der Waals surface area contributed by atoms with Crippen molar-refractivity contribution in [3.05, 3.63) is 30.1 Å². The Morgan fingerprint density at radius 1 is 1.21 bits per heavy atom. The van der Waals surface area contributed by atoms with E-state index in [1.807, 2.05) is 0 Å². The third-order valence-electron chi connectivity index (χ3n) is 2.93. The van der Waals surface area contributed by atoms with Gasteiger partial charge in [0.15, 0.2) is 0 Å². The predicted molar refractivity (Wildman–Crippen MR) is 76.8 cm³/mol. The molecule has 4 heteroatoms. The molecule has 2 amide bonds. The van der Waals surface area contributed by atoms with Crippen molar-refractivity contribution >= 4 is 11.7 Å². The number of carbonyl (C=O) groups is 1. The van der Waals surface area contributed by atoms with Crippen LogP contribution in [-0.4, -0.2) is 24.0 Å². The van der Waals surface area contributed by atoms with E-state index in [0.717, 1.165) is 38.8 Å². The van der Waals surface area contributed by atoms with Crippen molar-refractivity contribution in [2.24, 2.45) is 0 Å². The summed E-state index contributed by atoms with van der Waals surface area (Å²) in [4.78, 5) is 13.9. The zero-order valence-electron chi connectivity index (χ0n) is 11.8. The highest BCUT2D eigenvalue weighted by Gasteiger charge is 2.12. The molecule has 0 fully saturated rings. The molecule has 0 aliphatic carbocycles. The highest BCUT2D eigenvalue weighted by molar-refractivity contribution is 5.89. The molecule has 1 rings (SSSR count). The summed E-state index contributed by atoms with van der Waals surface area (Å²) in [6, 6.07) is 5.83. The number of urea groups is 1. The Morgan fingerprint density at radius 2 is 1.84 bits per heavy atom. The standard InChI is InChI=1S/C15H23FN2O/c1-3-5-10-18(11-6-4-2)15(19)17-14-9-7-8-13(16)12-14/h7-9,12H,3-6,10-11H2,1-2H3,(H,17,19). The van der Waals surface area contributed by atoms with E-state index < -0.39 is 0 Å². The minimum Gasteiger partial charge on any atom is -0.325 e. The largest absolute Gasteiger partial charge is 0.325 e. The number of hydrogen-bond acceptors (Lipinski definition) is 1. The minimum atomic E-state index is -0.341. The number of halogens is 1. The average Bonchev–Trinajstić information content (AvgIpc) is 2.38. The first-order valence-electron chi connectivity index (χ1n) is 6.98. The SMILES string of the molecule is CCCCN(CCCC)C(=O)Nc1cccc(F)c1. The van der Waals surface area contributed by atoms with Crippen molar-refractivity contribution in [2.75, 3.05) is 18.4 Å². The lowest BCUT2D eigenvalue weighted by Gasteiger charge is -2.22. The lowest BCUT2D eigenvalue weighted by Crippen LogP contribution is -2.36. The van der Waals surface area contributed by atoms with Gasteiger partial charge in [-0.05, 0) is 31.0 Å². The van der Waals surface area contributed by atoms with Crippen LogP contribution in [0.25, 0.3) is 0 Å². The van der Waals surface area contributed by atoms with E-state index in [1.165, 1.54) is 12.1 Å². The van der Waals surface area contributed by atoms with Gasteiger partial charge in [0.1, 0.15) is 5.82 Å². The molecular formula is C15H23FN2O. The van der Waals surface area contributed by atoms with E-state index in [4.69, 9.17) is 0 Å². The first-order valence-corrected chi connectivity index (χ1v) is 6.98. The summed E-state index contributed by atoms with van der Waals surface area (Å²) in [6.45, 7) is 5.69. The van der Waals surface area contributed by atoms with Crippen LogP contribution in [-0.2, 0) is 0 Å². The fourth-order valence-corrected chi connectivity index (χ4v) is 1.78. The van der Waals surface area contributed by atoms with Crippen molar-refractivity contribution in [3.63, 3.8) is 0 Å². The lowest BCUT2D eigenvalue weighted by molar-refractivity contribution is 0.210. The number of anilines is 1. The molecule has 1 aromatic carbocycles. The van der Waals surface area contributed by atoms with Gasteiger partial charge in [0.05, 0.1) is 0 Å². The van der Waals surface area contributed by atoms with Gasteiger partial charge in [-0.3, -0.25) is 0 Å². The van der Waals surface area contributed by atoms with Crippen molar-refractivity contribution in [1.82, 2.24) is 4.90 Å². The maximum atomic E-state index is 13.1. The van der Waals surface area contributed by atoms with E-state index in [1.54, 1.807) is 17.0 Å². The summed E-state index contributed by atoms with van der Waals surface area (Å²) in [7, 11) is 0. The molecule has 0 bridgehead atoms. The molecule has 0 unspecified atom stereocenters. The molecule has 1 N–H and O–H groups in total. The highest BCUT2D eigenvalue weighted by Crippen LogP contribution is 2.11. The number of nitrogens with zero attached hydrogens (tertiary/aromatic N) is 1. The normalized spacial score (nSPS) is 10.3. The van der Waals surface area contributed by atoms with E-state index in [0.29, 0.717) is 5.69 Å². The van der Waals surface area contributed by atoms with Crippen LogP contribution < -0.4 is 5.32 Å². The molecule has 1 aromatic rings. The number of benzene rings is 1. The van der Waals surface area contributed by atoms with Crippen molar-refractivity contribution in [1.29, 1.82) is 0 Å². The van der Waals surface area contributed by atoms with Crippen LogP contribution in [0.2, 0.25) is 0 Å². The molecule has 0 atom stereocenters. The average molecular weight is 266 g/mol. The maximum absolute atomic E-state index is 13.1. The quantitative estimate of drug-likeness (QED) is 0.785. The minimum absolute atomic E-state index is 0.146. The van der Waals surface area contributed by atoms with Crippen LogP contribution in [0.4, 0.5) is 14.9 Å². The van der Waals surface area contributed by atoms with Crippen LogP contribution in [0.15, 0.2) is 24.3 Å². The number of unbranched alkanes of at least 4 members (excludes halogenated alkanes) is 2. The smallest absolute Gasteiger partial charge is 0.321 e. The van der Waals surface area contributed by atoms with E-state index in [2.05, 4.69) is 19.2 Å². The maximum Gasteiger partial charge on any atom is 0.321 e. The Morgan fingerprint density at radius 3 is 2.37 bits per heavy atom. The molecular weight excluding hydrogens is 243 g/mol. The molecule has 0 aromatic heterocycles. The third kappa shape index (κ3) is 5.73. The number of carbonyl (C=O) groups excluding carboxylic acids is 1. The van der Waals surface area contributed by atoms with Crippen LogP contribution in [0.5, 0.6) is 0 Å². The molecule has 0 aliphatic heterocycles. The fourth-order valence-electron chi connectivity index (χ4n) is 1.78. The summed E-state index contributed by atoms with van der Waals surface area (Å²) in [6.07, 6.45) is 4.08. The molecule has 0 spiro atoms. The molecule has 3 nitrogen and oxygen atoms in total. The Labute approximate surface area is 114 Å². The van der Waals surface area contributed by atoms with Crippen LogP contribution in [0.3, 0.4) is 0 Å². The highest BCUT2D eigenvalue weighted by atomic mass is 19.1. The zero-order chi connectivity index (χ0) is 14.1. The second-order valence-corrected chi connectivity index (χ2v) is 4.63. The molecule has 0 heterocycles. The summed E-state index contributed by atoms with van der Waals surface area (Å²) in [5, 5.41) is 2.75. The third-order valence-corrected chi connectivity index (χ3v) is 2.93. The molecule has 0 radical (unpaired) electrons. The summed E-state index contributed by atoms with van der Waals surface area (Å²) < 4.78 is 13.1. The Bertz CT molecular complexity index is 387. The van der Waals surface area contributed by atoms with Gasteiger partial charge < -0.3 is 10.2 Å². The monoisotopic (exact) mass is 266 g/mol. The van der Waals surface area contributed by atoms with Gasteiger partial charge in [0.2, 0.25) is 0 Å². The Kier molecular flexibility index (Phi) is 6.93. The molecule has 19 heavy (non-hydrogen) atoms. The van der Waals surface area contributed by atoms with Gasteiger partial charge in [-0.25, -0.2) is 9.18 Å². The first-order chi connectivity index (χ1) is 9.17. The Balaban J connectivity index is 2.59. The molecule has 0 saturated heterocycles. The van der Waals surface area contributed by atoms with Crippen molar-refractivity contribution < 1.29 is 9.18 Å². The van der Waals surface area contributed by atoms with E-state index in [9.17, 15) is 9.18 Å². The molecule has 0 saturated carbocycles. The van der Waals surface area contributed by atoms with Gasteiger partial charge in [0, 0.05) is 18.8 Å². The zero-order valence-corrected chi connectivity index (χ0v) is 11.8. The van der Waals surface area contributed by atoms with Crippen molar-refractivity contribution in [3.8, 4) is 0 Å². The lowest BCUT2D eigenvalue weighted by atomic mass is 10.2. The number of hydrogen-bond donors (Lipinski definition) is 1. The number of nitrogens with one attached hydrogen (secondary N) is 1. The van der Waals surface area contributed by atoms with Gasteiger partial charge in [0.25, 0.3) is 0 Å².